The van der Waals surface area contributed by atoms with Crippen molar-refractivity contribution in [3.8, 4) is 0 Å². The van der Waals surface area contributed by atoms with Crippen molar-refractivity contribution in [1.82, 2.24) is 15.1 Å². The van der Waals surface area contributed by atoms with Crippen LogP contribution in [0.4, 0.5) is 0 Å². The van der Waals surface area contributed by atoms with Gasteiger partial charge in [-0.1, -0.05) is 20.8 Å². The first kappa shape index (κ1) is 14.9. The first-order chi connectivity index (χ1) is 9.92. The lowest BCUT2D eigenvalue weighted by molar-refractivity contribution is -0.134. The Morgan fingerprint density at radius 1 is 1.10 bits per heavy atom. The summed E-state index contributed by atoms with van der Waals surface area (Å²) in [5, 5.41) is 11.2. The Morgan fingerprint density at radius 2 is 1.62 bits per heavy atom. The van der Waals surface area contributed by atoms with Crippen molar-refractivity contribution in [2.75, 3.05) is 13.1 Å². The highest BCUT2D eigenvalue weighted by Crippen LogP contribution is 2.43. The van der Waals surface area contributed by atoms with E-state index < -0.39 is 0 Å². The number of aromatic nitrogens is 2. The van der Waals surface area contributed by atoms with Gasteiger partial charge in [0.1, 0.15) is 10.0 Å². The minimum Gasteiger partial charge on any atom is -0.343 e. The van der Waals surface area contributed by atoms with Gasteiger partial charge < -0.3 is 4.90 Å². The molecule has 0 unspecified atom stereocenters. The van der Waals surface area contributed by atoms with Crippen LogP contribution >= 0.6 is 11.3 Å². The monoisotopic (exact) mass is 307 g/mol. The summed E-state index contributed by atoms with van der Waals surface area (Å²) in [5.41, 5.74) is 0.0757. The molecule has 0 radical (unpaired) electrons. The molecule has 2 heterocycles. The number of carbonyl (C=O) groups is 1. The number of hydrogen-bond acceptors (Lipinski definition) is 4. The van der Waals surface area contributed by atoms with Crippen LogP contribution in [0.25, 0.3) is 0 Å². The van der Waals surface area contributed by atoms with E-state index in [0.29, 0.717) is 24.2 Å². The van der Waals surface area contributed by atoms with Crippen molar-refractivity contribution < 1.29 is 4.79 Å². The van der Waals surface area contributed by atoms with E-state index in [1.807, 2.05) is 4.90 Å². The summed E-state index contributed by atoms with van der Waals surface area (Å²) in [4.78, 5) is 14.3. The second kappa shape index (κ2) is 5.67. The maximum absolute atomic E-state index is 12.3. The third-order valence-electron chi connectivity index (χ3n) is 4.26. The SMILES string of the molecule is CC(C)(C)CC(=O)N1CCC(c2nnc(C3CC3)s2)CC1. The summed E-state index contributed by atoms with van der Waals surface area (Å²) < 4.78 is 0. The standard InChI is InChI=1S/C16H25N3OS/c1-16(2,3)10-13(20)19-8-6-12(7-9-19)15-18-17-14(21-15)11-4-5-11/h11-12H,4-10H2,1-3H3. The molecule has 1 aromatic rings. The average Bonchev–Trinajstić information content (AvgIpc) is 3.15. The topological polar surface area (TPSA) is 46.1 Å². The quantitative estimate of drug-likeness (QED) is 0.858. The first-order valence-corrected chi connectivity index (χ1v) is 8.85. The third kappa shape index (κ3) is 3.82. The molecule has 21 heavy (non-hydrogen) atoms. The zero-order valence-electron chi connectivity index (χ0n) is 13.3. The Bertz CT molecular complexity index is 508. The van der Waals surface area contributed by atoms with Crippen molar-refractivity contribution in [3.05, 3.63) is 10.0 Å². The largest absolute Gasteiger partial charge is 0.343 e. The van der Waals surface area contributed by atoms with E-state index in [2.05, 4.69) is 31.0 Å². The molecule has 0 aromatic carbocycles. The van der Waals surface area contributed by atoms with Gasteiger partial charge in [-0.05, 0) is 31.1 Å². The third-order valence-corrected chi connectivity index (χ3v) is 5.51. The Labute approximate surface area is 130 Å². The van der Waals surface area contributed by atoms with Crippen LogP contribution in [0.15, 0.2) is 0 Å². The molecule has 0 spiro atoms. The zero-order valence-corrected chi connectivity index (χ0v) is 14.1. The predicted molar refractivity (Wildman–Crippen MR) is 84.5 cm³/mol. The van der Waals surface area contributed by atoms with Gasteiger partial charge in [0, 0.05) is 31.3 Å². The Hall–Kier alpha value is -0.970. The first-order valence-electron chi connectivity index (χ1n) is 8.03. The number of likely N-dealkylation sites (tertiary alicyclic amines) is 1. The Balaban J connectivity index is 1.53. The van der Waals surface area contributed by atoms with Gasteiger partial charge >= 0.3 is 0 Å². The molecule has 0 atom stereocenters. The number of amides is 1. The minimum absolute atomic E-state index is 0.0757. The number of carbonyl (C=O) groups excluding carboxylic acids is 1. The van der Waals surface area contributed by atoms with E-state index in [1.54, 1.807) is 11.3 Å². The molecule has 1 aliphatic carbocycles. The molecule has 0 bridgehead atoms. The summed E-state index contributed by atoms with van der Waals surface area (Å²) in [6.07, 6.45) is 5.29. The summed E-state index contributed by atoms with van der Waals surface area (Å²) in [6, 6.07) is 0. The molecular weight excluding hydrogens is 282 g/mol. The summed E-state index contributed by atoms with van der Waals surface area (Å²) in [6.45, 7) is 8.12. The van der Waals surface area contributed by atoms with Gasteiger partial charge in [-0.3, -0.25) is 4.79 Å². The molecule has 116 valence electrons. The van der Waals surface area contributed by atoms with Gasteiger partial charge in [-0.2, -0.15) is 0 Å². The molecule has 5 heteroatoms. The van der Waals surface area contributed by atoms with Gasteiger partial charge in [0.15, 0.2) is 0 Å². The van der Waals surface area contributed by atoms with Crippen LogP contribution in [-0.4, -0.2) is 34.1 Å². The van der Waals surface area contributed by atoms with Crippen LogP contribution in [0, 0.1) is 5.41 Å². The van der Waals surface area contributed by atoms with Crippen molar-refractivity contribution >= 4 is 17.2 Å². The Morgan fingerprint density at radius 3 is 2.10 bits per heavy atom. The minimum atomic E-state index is 0.0757. The fourth-order valence-electron chi connectivity index (χ4n) is 2.85. The highest BCUT2D eigenvalue weighted by molar-refractivity contribution is 7.11. The second-order valence-electron chi connectivity index (χ2n) is 7.65. The van der Waals surface area contributed by atoms with Crippen LogP contribution in [0.5, 0.6) is 0 Å². The molecule has 2 aliphatic rings. The van der Waals surface area contributed by atoms with Crippen molar-refractivity contribution in [2.24, 2.45) is 5.41 Å². The molecule has 4 nitrogen and oxygen atoms in total. The van der Waals surface area contributed by atoms with E-state index in [9.17, 15) is 4.79 Å². The summed E-state index contributed by atoms with van der Waals surface area (Å²) in [5.74, 6) is 1.51. The molecular formula is C16H25N3OS. The lowest BCUT2D eigenvalue weighted by Crippen LogP contribution is -2.39. The fourth-order valence-corrected chi connectivity index (χ4v) is 4.03. The average molecular weight is 307 g/mol. The van der Waals surface area contributed by atoms with E-state index in [-0.39, 0.29) is 5.41 Å². The van der Waals surface area contributed by atoms with Gasteiger partial charge in [-0.15, -0.1) is 21.5 Å². The van der Waals surface area contributed by atoms with E-state index in [1.165, 1.54) is 22.9 Å². The number of nitrogens with zero attached hydrogens (tertiary/aromatic N) is 3. The maximum Gasteiger partial charge on any atom is 0.223 e. The second-order valence-corrected chi connectivity index (χ2v) is 8.69. The normalized spacial score (nSPS) is 20.8. The number of rotatable bonds is 3. The molecule has 2 fully saturated rings. The van der Waals surface area contributed by atoms with Crippen molar-refractivity contribution in [2.45, 2.75) is 64.7 Å². The van der Waals surface area contributed by atoms with E-state index in [4.69, 9.17) is 0 Å². The van der Waals surface area contributed by atoms with Gasteiger partial charge in [0.2, 0.25) is 5.91 Å². The smallest absolute Gasteiger partial charge is 0.223 e. The van der Waals surface area contributed by atoms with Crippen molar-refractivity contribution in [3.63, 3.8) is 0 Å². The summed E-state index contributed by atoms with van der Waals surface area (Å²) >= 11 is 1.80. The van der Waals surface area contributed by atoms with Crippen LogP contribution in [0.3, 0.4) is 0 Å². The molecule has 1 saturated carbocycles. The lowest BCUT2D eigenvalue weighted by atomic mass is 9.90. The molecule has 1 aromatic heterocycles. The highest BCUT2D eigenvalue weighted by atomic mass is 32.1. The van der Waals surface area contributed by atoms with E-state index >= 15 is 0 Å². The highest BCUT2D eigenvalue weighted by Gasteiger charge is 2.31. The maximum atomic E-state index is 12.3. The van der Waals surface area contributed by atoms with E-state index in [0.717, 1.165) is 25.9 Å². The molecule has 1 saturated heterocycles. The summed E-state index contributed by atoms with van der Waals surface area (Å²) in [7, 11) is 0. The molecule has 0 N–H and O–H groups in total. The molecule has 1 aliphatic heterocycles. The predicted octanol–water partition coefficient (Wildman–Crippen LogP) is 3.56. The number of hydrogen-bond donors (Lipinski definition) is 0. The number of piperidine rings is 1. The van der Waals surface area contributed by atoms with Gasteiger partial charge in [0.05, 0.1) is 0 Å². The molecule has 3 rings (SSSR count). The Kier molecular flexibility index (Phi) is 4.04. The zero-order chi connectivity index (χ0) is 15.0. The van der Waals surface area contributed by atoms with Crippen LogP contribution in [-0.2, 0) is 4.79 Å². The van der Waals surface area contributed by atoms with Crippen LogP contribution < -0.4 is 0 Å². The van der Waals surface area contributed by atoms with Crippen molar-refractivity contribution in [1.29, 1.82) is 0 Å². The van der Waals surface area contributed by atoms with Crippen LogP contribution in [0.1, 0.15) is 74.7 Å². The lowest BCUT2D eigenvalue weighted by Gasteiger charge is -2.32. The van der Waals surface area contributed by atoms with Crippen LogP contribution in [0.2, 0.25) is 0 Å². The van der Waals surface area contributed by atoms with Gasteiger partial charge in [0.25, 0.3) is 0 Å². The fraction of sp³-hybridized carbons (Fsp3) is 0.812. The van der Waals surface area contributed by atoms with Gasteiger partial charge in [-0.25, -0.2) is 0 Å². The molecule has 1 amide bonds.